The van der Waals surface area contributed by atoms with Crippen molar-refractivity contribution in [2.75, 3.05) is 27.3 Å². The normalized spacial score (nSPS) is 12.4. The van der Waals surface area contributed by atoms with Gasteiger partial charge in [0.15, 0.2) is 0 Å². The number of aliphatic carboxylic acids is 1. The minimum atomic E-state index is -0.793. The van der Waals surface area contributed by atoms with E-state index in [0.717, 1.165) is 11.3 Å². The van der Waals surface area contributed by atoms with Crippen molar-refractivity contribution in [1.82, 2.24) is 4.90 Å². The number of nitrogens with zero attached hydrogens (tertiary/aromatic N) is 1. The molecule has 0 aromatic heterocycles. The van der Waals surface area contributed by atoms with Crippen LogP contribution < -0.4 is 4.74 Å². The molecule has 5 heteroatoms. The summed E-state index contributed by atoms with van der Waals surface area (Å²) in [4.78, 5) is 12.4. The van der Waals surface area contributed by atoms with Crippen LogP contribution in [0.25, 0.3) is 0 Å². The summed E-state index contributed by atoms with van der Waals surface area (Å²) in [5.74, 6) is -0.0210. The molecule has 0 bridgehead atoms. The molecule has 0 aliphatic heterocycles. The van der Waals surface area contributed by atoms with Gasteiger partial charge in [-0.1, -0.05) is 12.1 Å². The maximum absolute atomic E-state index is 10.5. The zero-order valence-electron chi connectivity index (χ0n) is 11.4. The van der Waals surface area contributed by atoms with Gasteiger partial charge < -0.3 is 14.9 Å². The zero-order valence-corrected chi connectivity index (χ0v) is 11.4. The van der Waals surface area contributed by atoms with E-state index in [1.807, 2.05) is 36.2 Å². The molecule has 0 saturated carbocycles. The van der Waals surface area contributed by atoms with Gasteiger partial charge in [-0.15, -0.1) is 0 Å². The first-order chi connectivity index (χ1) is 9.08. The first-order valence-electron chi connectivity index (χ1n) is 6.25. The summed E-state index contributed by atoms with van der Waals surface area (Å²) in [5.41, 5.74) is 0.987. The lowest BCUT2D eigenvalue weighted by molar-refractivity contribution is -0.137. The third kappa shape index (κ3) is 4.89. The molecular weight excluding hydrogens is 246 g/mol. The van der Waals surface area contributed by atoms with E-state index in [0.29, 0.717) is 13.0 Å². The number of aliphatic hydroxyl groups is 1. The summed E-state index contributed by atoms with van der Waals surface area (Å²) >= 11 is 0. The summed E-state index contributed by atoms with van der Waals surface area (Å²) in [5, 5.41) is 18.1. The Balaban J connectivity index is 2.61. The van der Waals surface area contributed by atoms with Gasteiger partial charge in [-0.25, -0.2) is 0 Å². The standard InChI is InChI=1S/C14H21NO4/c1-15(9-3-4-14(17)18)13(10-16)11-5-7-12(19-2)8-6-11/h5-8,13,16H,3-4,9-10H2,1-2H3,(H,17,18). The van der Waals surface area contributed by atoms with Gasteiger partial charge in [0.05, 0.1) is 19.8 Å². The topological polar surface area (TPSA) is 70.0 Å². The van der Waals surface area contributed by atoms with Crippen molar-refractivity contribution in [2.45, 2.75) is 18.9 Å². The van der Waals surface area contributed by atoms with Gasteiger partial charge in [0, 0.05) is 6.42 Å². The van der Waals surface area contributed by atoms with E-state index in [-0.39, 0.29) is 19.1 Å². The number of ether oxygens (including phenoxy) is 1. The summed E-state index contributed by atoms with van der Waals surface area (Å²) in [6, 6.07) is 7.40. The van der Waals surface area contributed by atoms with Gasteiger partial charge in [-0.05, 0) is 37.7 Å². The molecule has 5 nitrogen and oxygen atoms in total. The number of methoxy groups -OCH3 is 1. The van der Waals surface area contributed by atoms with Crippen LogP contribution in [0, 0.1) is 0 Å². The number of aliphatic hydroxyl groups excluding tert-OH is 1. The minimum Gasteiger partial charge on any atom is -0.497 e. The maximum atomic E-state index is 10.5. The van der Waals surface area contributed by atoms with Crippen molar-refractivity contribution in [2.24, 2.45) is 0 Å². The average Bonchev–Trinajstić information content (AvgIpc) is 2.40. The van der Waals surface area contributed by atoms with Crippen molar-refractivity contribution in [1.29, 1.82) is 0 Å². The maximum Gasteiger partial charge on any atom is 0.303 e. The lowest BCUT2D eigenvalue weighted by Crippen LogP contribution is -2.28. The molecule has 0 aliphatic rings. The van der Waals surface area contributed by atoms with E-state index >= 15 is 0 Å². The summed E-state index contributed by atoms with van der Waals surface area (Å²) in [6.45, 7) is 0.624. The van der Waals surface area contributed by atoms with Gasteiger partial charge >= 0.3 is 5.97 Å². The molecule has 0 heterocycles. The fourth-order valence-electron chi connectivity index (χ4n) is 1.96. The fourth-order valence-corrected chi connectivity index (χ4v) is 1.96. The number of hydrogen-bond donors (Lipinski definition) is 2. The van der Waals surface area contributed by atoms with E-state index in [1.54, 1.807) is 7.11 Å². The Bertz CT molecular complexity index is 391. The van der Waals surface area contributed by atoms with E-state index < -0.39 is 5.97 Å². The van der Waals surface area contributed by atoms with Gasteiger partial charge in [0.25, 0.3) is 0 Å². The zero-order chi connectivity index (χ0) is 14.3. The van der Waals surface area contributed by atoms with E-state index in [2.05, 4.69) is 0 Å². The van der Waals surface area contributed by atoms with Crippen molar-refractivity contribution in [3.05, 3.63) is 29.8 Å². The molecule has 0 saturated heterocycles. The van der Waals surface area contributed by atoms with Crippen LogP contribution in [0.5, 0.6) is 5.75 Å². The SMILES string of the molecule is COc1ccc(C(CO)N(C)CCCC(=O)O)cc1. The Morgan fingerprint density at radius 2 is 2.00 bits per heavy atom. The number of rotatable bonds is 8. The third-order valence-corrected chi connectivity index (χ3v) is 3.11. The summed E-state index contributed by atoms with van der Waals surface area (Å²) < 4.78 is 5.09. The molecule has 0 spiro atoms. The molecule has 1 atom stereocenters. The highest BCUT2D eigenvalue weighted by molar-refractivity contribution is 5.66. The average molecular weight is 267 g/mol. The second kappa shape index (κ2) is 7.76. The molecule has 1 aromatic rings. The molecule has 1 aromatic carbocycles. The molecule has 106 valence electrons. The molecule has 0 radical (unpaired) electrons. The molecule has 1 unspecified atom stereocenters. The highest BCUT2D eigenvalue weighted by Crippen LogP contribution is 2.22. The van der Waals surface area contributed by atoms with E-state index in [4.69, 9.17) is 9.84 Å². The van der Waals surface area contributed by atoms with Crippen LogP contribution in [0.1, 0.15) is 24.4 Å². The van der Waals surface area contributed by atoms with E-state index in [9.17, 15) is 9.90 Å². The smallest absolute Gasteiger partial charge is 0.303 e. The molecule has 2 N–H and O–H groups in total. The van der Waals surface area contributed by atoms with Crippen LogP contribution in [-0.2, 0) is 4.79 Å². The number of likely N-dealkylation sites (N-methyl/N-ethyl adjacent to an activating group) is 1. The Labute approximate surface area is 113 Å². The number of carbonyl (C=O) groups is 1. The van der Waals surface area contributed by atoms with Gasteiger partial charge in [-0.2, -0.15) is 0 Å². The quantitative estimate of drug-likeness (QED) is 0.747. The third-order valence-electron chi connectivity index (χ3n) is 3.11. The Morgan fingerprint density at radius 3 is 2.47 bits per heavy atom. The molecule has 19 heavy (non-hydrogen) atoms. The predicted octanol–water partition coefficient (Wildman–Crippen LogP) is 1.53. The van der Waals surface area contributed by atoms with Crippen LogP contribution in [0.15, 0.2) is 24.3 Å². The van der Waals surface area contributed by atoms with Crippen LogP contribution in [0.3, 0.4) is 0 Å². The summed E-state index contributed by atoms with van der Waals surface area (Å²) in [7, 11) is 3.49. The number of benzene rings is 1. The van der Waals surface area contributed by atoms with Crippen LogP contribution in [0.4, 0.5) is 0 Å². The predicted molar refractivity (Wildman–Crippen MR) is 72.3 cm³/mol. The molecule has 0 aliphatic carbocycles. The molecular formula is C14H21NO4. The Morgan fingerprint density at radius 1 is 1.37 bits per heavy atom. The van der Waals surface area contributed by atoms with Gasteiger partial charge in [0.2, 0.25) is 0 Å². The first kappa shape index (κ1) is 15.5. The van der Waals surface area contributed by atoms with Crippen molar-refractivity contribution < 1.29 is 19.7 Å². The minimum absolute atomic E-state index is 0.00407. The van der Waals surface area contributed by atoms with Crippen LogP contribution >= 0.6 is 0 Å². The second-order valence-corrected chi connectivity index (χ2v) is 4.45. The van der Waals surface area contributed by atoms with Crippen LogP contribution in [-0.4, -0.2) is 48.4 Å². The van der Waals surface area contributed by atoms with Crippen molar-refractivity contribution >= 4 is 5.97 Å². The van der Waals surface area contributed by atoms with E-state index in [1.165, 1.54) is 0 Å². The molecule has 0 amide bonds. The molecule has 1 rings (SSSR count). The second-order valence-electron chi connectivity index (χ2n) is 4.45. The Hall–Kier alpha value is -1.59. The highest BCUT2D eigenvalue weighted by atomic mass is 16.5. The van der Waals surface area contributed by atoms with Crippen molar-refractivity contribution in [3.63, 3.8) is 0 Å². The lowest BCUT2D eigenvalue weighted by Gasteiger charge is -2.26. The first-order valence-corrected chi connectivity index (χ1v) is 6.25. The fraction of sp³-hybridized carbons (Fsp3) is 0.500. The van der Waals surface area contributed by atoms with Gasteiger partial charge in [0.1, 0.15) is 5.75 Å². The number of carboxylic acids is 1. The monoisotopic (exact) mass is 267 g/mol. The van der Waals surface area contributed by atoms with Crippen molar-refractivity contribution in [3.8, 4) is 5.75 Å². The van der Waals surface area contributed by atoms with Gasteiger partial charge in [-0.3, -0.25) is 9.69 Å². The number of hydrogen-bond acceptors (Lipinski definition) is 4. The highest BCUT2D eigenvalue weighted by Gasteiger charge is 2.16. The molecule has 0 fully saturated rings. The largest absolute Gasteiger partial charge is 0.497 e. The Kier molecular flexibility index (Phi) is 6.32. The summed E-state index contributed by atoms with van der Waals surface area (Å²) in [6.07, 6.45) is 0.712. The van der Waals surface area contributed by atoms with Crippen LogP contribution in [0.2, 0.25) is 0 Å². The number of carboxylic acid groups (broad SMARTS) is 1. The lowest BCUT2D eigenvalue weighted by atomic mass is 10.1.